The van der Waals surface area contributed by atoms with Crippen molar-refractivity contribution in [1.82, 2.24) is 5.32 Å². The molecule has 0 spiro atoms. The minimum atomic E-state index is -0.173. The van der Waals surface area contributed by atoms with Crippen LogP contribution < -0.4 is 11.1 Å². The number of halogens is 1. The lowest BCUT2D eigenvalue weighted by Crippen LogP contribution is -2.46. The van der Waals surface area contributed by atoms with E-state index in [0.717, 1.165) is 25.9 Å². The van der Waals surface area contributed by atoms with Gasteiger partial charge in [0.2, 0.25) is 0 Å². The SMILES string of the molecule is NC1CNCCC1Cc1ccc(F)cc1. The lowest BCUT2D eigenvalue weighted by molar-refractivity contribution is 0.322. The summed E-state index contributed by atoms with van der Waals surface area (Å²) in [5, 5.41) is 3.27. The van der Waals surface area contributed by atoms with Gasteiger partial charge in [0.25, 0.3) is 0 Å². The first-order valence-corrected chi connectivity index (χ1v) is 5.46. The van der Waals surface area contributed by atoms with Gasteiger partial charge in [-0.05, 0) is 43.0 Å². The zero-order valence-corrected chi connectivity index (χ0v) is 8.75. The van der Waals surface area contributed by atoms with Gasteiger partial charge in [-0.1, -0.05) is 12.1 Å². The predicted octanol–water partition coefficient (Wildman–Crippen LogP) is 1.30. The minimum absolute atomic E-state index is 0.173. The highest BCUT2D eigenvalue weighted by molar-refractivity contribution is 5.17. The Hall–Kier alpha value is -0.930. The highest BCUT2D eigenvalue weighted by atomic mass is 19.1. The molecular weight excluding hydrogens is 191 g/mol. The highest BCUT2D eigenvalue weighted by Crippen LogP contribution is 2.17. The molecule has 1 aromatic carbocycles. The number of piperidine rings is 1. The molecule has 1 aromatic rings. The van der Waals surface area contributed by atoms with Crippen molar-refractivity contribution < 1.29 is 4.39 Å². The van der Waals surface area contributed by atoms with Crippen LogP contribution in [-0.2, 0) is 6.42 Å². The molecule has 0 aliphatic carbocycles. The third kappa shape index (κ3) is 2.76. The Morgan fingerprint density at radius 3 is 2.73 bits per heavy atom. The number of nitrogens with one attached hydrogen (secondary N) is 1. The van der Waals surface area contributed by atoms with E-state index in [0.29, 0.717) is 5.92 Å². The highest BCUT2D eigenvalue weighted by Gasteiger charge is 2.21. The van der Waals surface area contributed by atoms with E-state index in [1.807, 2.05) is 12.1 Å². The maximum atomic E-state index is 12.7. The van der Waals surface area contributed by atoms with Crippen molar-refractivity contribution in [2.45, 2.75) is 18.9 Å². The lowest BCUT2D eigenvalue weighted by Gasteiger charge is -2.29. The zero-order chi connectivity index (χ0) is 10.7. The molecule has 2 unspecified atom stereocenters. The molecule has 15 heavy (non-hydrogen) atoms. The second kappa shape index (κ2) is 4.73. The molecule has 0 amide bonds. The van der Waals surface area contributed by atoms with Gasteiger partial charge >= 0.3 is 0 Å². The Balaban J connectivity index is 1.98. The molecule has 0 bridgehead atoms. The van der Waals surface area contributed by atoms with E-state index in [-0.39, 0.29) is 11.9 Å². The van der Waals surface area contributed by atoms with Gasteiger partial charge in [-0.2, -0.15) is 0 Å². The summed E-state index contributed by atoms with van der Waals surface area (Å²) in [4.78, 5) is 0. The van der Waals surface area contributed by atoms with Crippen LogP contribution >= 0.6 is 0 Å². The maximum Gasteiger partial charge on any atom is 0.123 e. The van der Waals surface area contributed by atoms with E-state index < -0.39 is 0 Å². The Morgan fingerprint density at radius 1 is 1.33 bits per heavy atom. The van der Waals surface area contributed by atoms with Gasteiger partial charge in [-0.15, -0.1) is 0 Å². The molecule has 0 aromatic heterocycles. The quantitative estimate of drug-likeness (QED) is 0.769. The fourth-order valence-corrected chi connectivity index (χ4v) is 2.11. The maximum absolute atomic E-state index is 12.7. The summed E-state index contributed by atoms with van der Waals surface area (Å²) < 4.78 is 12.7. The minimum Gasteiger partial charge on any atom is -0.326 e. The lowest BCUT2D eigenvalue weighted by atomic mass is 9.87. The fourth-order valence-electron chi connectivity index (χ4n) is 2.11. The van der Waals surface area contributed by atoms with Crippen LogP contribution in [0.2, 0.25) is 0 Å². The number of hydrogen-bond donors (Lipinski definition) is 2. The van der Waals surface area contributed by atoms with Gasteiger partial charge in [0.05, 0.1) is 0 Å². The van der Waals surface area contributed by atoms with Crippen molar-refractivity contribution in [2.24, 2.45) is 11.7 Å². The van der Waals surface area contributed by atoms with Crippen molar-refractivity contribution in [3.8, 4) is 0 Å². The standard InChI is InChI=1S/C12H17FN2/c13-11-3-1-9(2-4-11)7-10-5-6-15-8-12(10)14/h1-4,10,12,15H,5-8,14H2. The second-order valence-electron chi connectivity index (χ2n) is 4.25. The van der Waals surface area contributed by atoms with Crippen LogP contribution in [0.4, 0.5) is 4.39 Å². The summed E-state index contributed by atoms with van der Waals surface area (Å²) in [7, 11) is 0. The predicted molar refractivity (Wildman–Crippen MR) is 59.1 cm³/mol. The van der Waals surface area contributed by atoms with Crippen LogP contribution in [0.3, 0.4) is 0 Å². The van der Waals surface area contributed by atoms with Crippen molar-refractivity contribution in [3.63, 3.8) is 0 Å². The first-order chi connectivity index (χ1) is 7.25. The molecule has 0 saturated carbocycles. The van der Waals surface area contributed by atoms with Gasteiger partial charge in [-0.25, -0.2) is 4.39 Å². The topological polar surface area (TPSA) is 38.0 Å². The van der Waals surface area contributed by atoms with Crippen molar-refractivity contribution in [3.05, 3.63) is 35.6 Å². The Bertz CT molecular complexity index is 310. The van der Waals surface area contributed by atoms with Gasteiger partial charge in [-0.3, -0.25) is 0 Å². The molecule has 3 heteroatoms. The summed E-state index contributed by atoms with van der Waals surface area (Å²) in [5.74, 6) is 0.352. The van der Waals surface area contributed by atoms with E-state index in [4.69, 9.17) is 5.73 Å². The third-order valence-electron chi connectivity index (χ3n) is 3.09. The third-order valence-corrected chi connectivity index (χ3v) is 3.09. The second-order valence-corrected chi connectivity index (χ2v) is 4.25. The molecule has 1 saturated heterocycles. The van der Waals surface area contributed by atoms with Gasteiger partial charge in [0.15, 0.2) is 0 Å². The molecule has 1 aliphatic rings. The fraction of sp³-hybridized carbons (Fsp3) is 0.500. The first kappa shape index (κ1) is 10.6. The van der Waals surface area contributed by atoms with Crippen molar-refractivity contribution in [2.75, 3.05) is 13.1 Å². The van der Waals surface area contributed by atoms with E-state index in [9.17, 15) is 4.39 Å². The summed E-state index contributed by atoms with van der Waals surface area (Å²) in [5.41, 5.74) is 7.20. The molecule has 82 valence electrons. The van der Waals surface area contributed by atoms with Crippen LogP contribution in [0.1, 0.15) is 12.0 Å². The molecule has 1 aliphatic heterocycles. The Labute approximate surface area is 89.7 Å². The number of nitrogens with two attached hydrogens (primary N) is 1. The van der Waals surface area contributed by atoms with Crippen molar-refractivity contribution >= 4 is 0 Å². The molecule has 2 rings (SSSR count). The van der Waals surface area contributed by atoms with E-state index in [2.05, 4.69) is 5.32 Å². The summed E-state index contributed by atoms with van der Waals surface area (Å²) in [6.07, 6.45) is 2.07. The van der Waals surface area contributed by atoms with E-state index in [1.165, 1.54) is 17.7 Å². The average Bonchev–Trinajstić information content (AvgIpc) is 2.25. The zero-order valence-electron chi connectivity index (χ0n) is 8.75. The number of benzene rings is 1. The largest absolute Gasteiger partial charge is 0.326 e. The average molecular weight is 208 g/mol. The molecule has 1 heterocycles. The molecule has 1 fully saturated rings. The normalized spacial score (nSPS) is 26.5. The molecule has 2 atom stereocenters. The first-order valence-electron chi connectivity index (χ1n) is 5.46. The van der Waals surface area contributed by atoms with Crippen LogP contribution in [0.15, 0.2) is 24.3 Å². The van der Waals surface area contributed by atoms with Gasteiger partial charge < -0.3 is 11.1 Å². The smallest absolute Gasteiger partial charge is 0.123 e. The molecule has 3 N–H and O–H groups in total. The number of hydrogen-bond acceptors (Lipinski definition) is 2. The Kier molecular flexibility index (Phi) is 3.34. The summed E-state index contributed by atoms with van der Waals surface area (Å²) >= 11 is 0. The van der Waals surface area contributed by atoms with Gasteiger partial charge in [0.1, 0.15) is 5.82 Å². The monoisotopic (exact) mass is 208 g/mol. The molecule has 0 radical (unpaired) electrons. The van der Waals surface area contributed by atoms with Gasteiger partial charge in [0, 0.05) is 12.6 Å². The summed E-state index contributed by atoms with van der Waals surface area (Å²) in [6, 6.07) is 6.96. The van der Waals surface area contributed by atoms with Crippen molar-refractivity contribution in [1.29, 1.82) is 0 Å². The number of rotatable bonds is 2. The van der Waals surface area contributed by atoms with E-state index >= 15 is 0 Å². The van der Waals surface area contributed by atoms with Crippen LogP contribution in [0.5, 0.6) is 0 Å². The van der Waals surface area contributed by atoms with Crippen LogP contribution in [-0.4, -0.2) is 19.1 Å². The Morgan fingerprint density at radius 2 is 2.07 bits per heavy atom. The van der Waals surface area contributed by atoms with E-state index in [1.54, 1.807) is 0 Å². The molecule has 2 nitrogen and oxygen atoms in total. The molecular formula is C12H17FN2. The van der Waals surface area contributed by atoms with Crippen LogP contribution in [0.25, 0.3) is 0 Å². The summed E-state index contributed by atoms with van der Waals surface area (Å²) in [6.45, 7) is 1.94. The van der Waals surface area contributed by atoms with Crippen LogP contribution in [0, 0.1) is 11.7 Å².